The lowest BCUT2D eigenvalue weighted by Crippen LogP contribution is -2.25. The molecule has 20 heavy (non-hydrogen) atoms. The summed E-state index contributed by atoms with van der Waals surface area (Å²) >= 11 is 0. The van der Waals surface area contributed by atoms with Gasteiger partial charge in [-0.25, -0.2) is 26.7 Å². The number of rotatable bonds is 7. The van der Waals surface area contributed by atoms with Crippen LogP contribution in [-0.2, 0) is 20.0 Å². The number of anilines is 1. The molecule has 0 radical (unpaired) electrons. The van der Waals surface area contributed by atoms with E-state index in [4.69, 9.17) is 5.14 Å². The SMILES string of the molecule is NS(=O)(=O)CCNc1ccc(S(=O)(=O)NC2CC2)cc1. The van der Waals surface area contributed by atoms with Crippen molar-refractivity contribution in [2.45, 2.75) is 23.8 Å². The molecule has 4 N–H and O–H groups in total. The van der Waals surface area contributed by atoms with Crippen molar-refractivity contribution in [3.63, 3.8) is 0 Å². The maximum atomic E-state index is 11.9. The van der Waals surface area contributed by atoms with E-state index in [1.165, 1.54) is 12.1 Å². The van der Waals surface area contributed by atoms with Crippen LogP contribution >= 0.6 is 0 Å². The van der Waals surface area contributed by atoms with Gasteiger partial charge in [0.2, 0.25) is 20.0 Å². The number of nitrogens with two attached hydrogens (primary N) is 1. The smallest absolute Gasteiger partial charge is 0.240 e. The highest BCUT2D eigenvalue weighted by Crippen LogP contribution is 2.22. The van der Waals surface area contributed by atoms with Crippen molar-refractivity contribution in [2.24, 2.45) is 5.14 Å². The summed E-state index contributed by atoms with van der Waals surface area (Å²) in [5, 5.41) is 7.74. The predicted octanol–water partition coefficient (Wildman–Crippen LogP) is -0.172. The summed E-state index contributed by atoms with van der Waals surface area (Å²) in [7, 11) is -6.95. The number of primary sulfonamides is 1. The Labute approximate surface area is 118 Å². The maximum Gasteiger partial charge on any atom is 0.240 e. The molecule has 0 aromatic heterocycles. The summed E-state index contributed by atoms with van der Waals surface area (Å²) in [5.74, 6) is -0.184. The van der Waals surface area contributed by atoms with E-state index in [2.05, 4.69) is 10.0 Å². The van der Waals surface area contributed by atoms with Crippen LogP contribution in [0.5, 0.6) is 0 Å². The molecule has 0 unspecified atom stereocenters. The van der Waals surface area contributed by atoms with Gasteiger partial charge in [-0.05, 0) is 37.1 Å². The van der Waals surface area contributed by atoms with Gasteiger partial charge in [-0.3, -0.25) is 0 Å². The normalized spacial score (nSPS) is 16.1. The predicted molar refractivity (Wildman–Crippen MR) is 76.2 cm³/mol. The molecule has 1 aliphatic rings. The standard InChI is InChI=1S/C11H17N3O4S2/c12-19(15,16)8-7-13-9-3-5-11(6-4-9)20(17,18)14-10-1-2-10/h3-6,10,13-14H,1-2,7-8H2,(H2,12,15,16). The molecule has 0 saturated heterocycles. The van der Waals surface area contributed by atoms with Crippen LogP contribution in [0.2, 0.25) is 0 Å². The second kappa shape index (κ2) is 5.68. The van der Waals surface area contributed by atoms with Crippen molar-refractivity contribution in [1.82, 2.24) is 4.72 Å². The second-order valence-corrected chi connectivity index (χ2v) is 8.16. The summed E-state index contributed by atoms with van der Waals surface area (Å²) in [6, 6.07) is 6.19. The van der Waals surface area contributed by atoms with E-state index in [0.717, 1.165) is 12.8 Å². The molecule has 1 saturated carbocycles. The summed E-state index contributed by atoms with van der Waals surface area (Å²) < 4.78 is 47.9. The fraction of sp³-hybridized carbons (Fsp3) is 0.455. The van der Waals surface area contributed by atoms with Crippen LogP contribution in [-0.4, -0.2) is 35.2 Å². The van der Waals surface area contributed by atoms with Crippen molar-refractivity contribution < 1.29 is 16.8 Å². The van der Waals surface area contributed by atoms with E-state index in [9.17, 15) is 16.8 Å². The maximum absolute atomic E-state index is 11.9. The van der Waals surface area contributed by atoms with Crippen molar-refractivity contribution in [3.8, 4) is 0 Å². The van der Waals surface area contributed by atoms with E-state index in [1.54, 1.807) is 12.1 Å². The van der Waals surface area contributed by atoms with Gasteiger partial charge in [0.25, 0.3) is 0 Å². The van der Waals surface area contributed by atoms with Crippen LogP contribution in [0.3, 0.4) is 0 Å². The Morgan fingerprint density at radius 2 is 1.70 bits per heavy atom. The fourth-order valence-electron chi connectivity index (χ4n) is 1.58. The molecule has 1 aromatic rings. The first-order valence-electron chi connectivity index (χ1n) is 6.13. The van der Waals surface area contributed by atoms with Gasteiger partial charge in [-0.15, -0.1) is 0 Å². The average molecular weight is 319 g/mol. The molecular weight excluding hydrogens is 302 g/mol. The molecule has 0 spiro atoms. The summed E-state index contributed by atoms with van der Waals surface area (Å²) in [4.78, 5) is 0.196. The molecule has 7 nitrogen and oxygen atoms in total. The summed E-state index contributed by atoms with van der Waals surface area (Å²) in [6.07, 6.45) is 1.76. The van der Waals surface area contributed by atoms with Gasteiger partial charge in [0.1, 0.15) is 0 Å². The van der Waals surface area contributed by atoms with Gasteiger partial charge in [-0.1, -0.05) is 0 Å². The van der Waals surface area contributed by atoms with E-state index in [1.807, 2.05) is 0 Å². The largest absolute Gasteiger partial charge is 0.384 e. The van der Waals surface area contributed by atoms with Gasteiger partial charge >= 0.3 is 0 Å². The third-order valence-corrected chi connectivity index (χ3v) is 5.09. The third-order valence-electron chi connectivity index (χ3n) is 2.78. The van der Waals surface area contributed by atoms with Crippen LogP contribution in [0.1, 0.15) is 12.8 Å². The van der Waals surface area contributed by atoms with E-state index in [0.29, 0.717) is 5.69 Å². The number of benzene rings is 1. The topological polar surface area (TPSA) is 118 Å². The lowest BCUT2D eigenvalue weighted by molar-refractivity contribution is 0.581. The minimum atomic E-state index is -3.50. The molecule has 0 aliphatic heterocycles. The molecule has 0 bridgehead atoms. The zero-order valence-corrected chi connectivity index (χ0v) is 12.4. The summed E-state index contributed by atoms with van der Waals surface area (Å²) in [6.45, 7) is 0.172. The van der Waals surface area contributed by atoms with Gasteiger partial charge in [0.15, 0.2) is 0 Å². The second-order valence-electron chi connectivity index (χ2n) is 4.71. The Kier molecular flexibility index (Phi) is 4.33. The van der Waals surface area contributed by atoms with Crippen LogP contribution in [0.25, 0.3) is 0 Å². The molecule has 1 aromatic carbocycles. The average Bonchev–Trinajstić information content (AvgIpc) is 3.11. The first kappa shape index (κ1) is 15.2. The Morgan fingerprint density at radius 1 is 1.10 bits per heavy atom. The molecule has 1 aliphatic carbocycles. The van der Waals surface area contributed by atoms with Crippen LogP contribution < -0.4 is 15.2 Å². The zero-order chi connectivity index (χ0) is 14.8. The van der Waals surface area contributed by atoms with Crippen LogP contribution in [0.15, 0.2) is 29.2 Å². The Hall–Kier alpha value is -1.16. The first-order valence-corrected chi connectivity index (χ1v) is 9.33. The van der Waals surface area contributed by atoms with Crippen molar-refractivity contribution in [3.05, 3.63) is 24.3 Å². The minimum Gasteiger partial charge on any atom is -0.384 e. The highest BCUT2D eigenvalue weighted by Gasteiger charge is 2.27. The number of nitrogens with one attached hydrogen (secondary N) is 2. The van der Waals surface area contributed by atoms with Crippen LogP contribution in [0.4, 0.5) is 5.69 Å². The monoisotopic (exact) mass is 319 g/mol. The van der Waals surface area contributed by atoms with Crippen LogP contribution in [0, 0.1) is 0 Å². The number of hydrogen-bond donors (Lipinski definition) is 3. The van der Waals surface area contributed by atoms with E-state index in [-0.39, 0.29) is 23.2 Å². The van der Waals surface area contributed by atoms with Crippen molar-refractivity contribution >= 4 is 25.7 Å². The van der Waals surface area contributed by atoms with Gasteiger partial charge in [0, 0.05) is 18.3 Å². The number of hydrogen-bond acceptors (Lipinski definition) is 5. The van der Waals surface area contributed by atoms with Gasteiger partial charge in [-0.2, -0.15) is 0 Å². The number of sulfonamides is 2. The fourth-order valence-corrected chi connectivity index (χ4v) is 3.27. The lowest BCUT2D eigenvalue weighted by Gasteiger charge is -2.08. The highest BCUT2D eigenvalue weighted by atomic mass is 32.2. The molecule has 0 heterocycles. The Morgan fingerprint density at radius 3 is 2.20 bits per heavy atom. The highest BCUT2D eigenvalue weighted by molar-refractivity contribution is 7.89. The Bertz CT molecular complexity index is 664. The van der Waals surface area contributed by atoms with E-state index < -0.39 is 20.0 Å². The first-order chi connectivity index (χ1) is 9.26. The lowest BCUT2D eigenvalue weighted by atomic mass is 10.3. The third kappa shape index (κ3) is 4.75. The molecule has 112 valence electrons. The zero-order valence-electron chi connectivity index (χ0n) is 10.7. The molecule has 1 fully saturated rings. The van der Waals surface area contributed by atoms with Crippen molar-refractivity contribution in [1.29, 1.82) is 0 Å². The van der Waals surface area contributed by atoms with Crippen molar-refractivity contribution in [2.75, 3.05) is 17.6 Å². The Balaban J connectivity index is 1.95. The summed E-state index contributed by atoms with van der Waals surface area (Å²) in [5.41, 5.74) is 0.638. The molecular formula is C11H17N3O4S2. The molecule has 2 rings (SSSR count). The van der Waals surface area contributed by atoms with Gasteiger partial charge < -0.3 is 5.32 Å². The van der Waals surface area contributed by atoms with Gasteiger partial charge in [0.05, 0.1) is 10.6 Å². The molecule has 9 heteroatoms. The minimum absolute atomic E-state index is 0.0626. The quantitative estimate of drug-likeness (QED) is 0.644. The molecule has 0 atom stereocenters. The molecule has 0 amide bonds. The van der Waals surface area contributed by atoms with E-state index >= 15 is 0 Å².